The zero-order chi connectivity index (χ0) is 19.1. The average Bonchev–Trinajstić information content (AvgIpc) is 3.14. The molecule has 6 nitrogen and oxygen atoms in total. The Morgan fingerprint density at radius 1 is 1.15 bits per heavy atom. The molecule has 1 aromatic heterocycles. The molecule has 0 aliphatic carbocycles. The summed E-state index contributed by atoms with van der Waals surface area (Å²) in [5.41, 5.74) is 1.29. The lowest BCUT2D eigenvalue weighted by Crippen LogP contribution is -2.05. The zero-order valence-corrected chi connectivity index (χ0v) is 17.0. The lowest BCUT2D eigenvalue weighted by Gasteiger charge is -2.02. The van der Waals surface area contributed by atoms with Gasteiger partial charge in [0.15, 0.2) is 6.61 Å². The summed E-state index contributed by atoms with van der Waals surface area (Å²) >= 11 is 10.6. The smallest absolute Gasteiger partial charge is 0.339 e. The number of hydrogen-bond donors (Lipinski definition) is 0. The molecule has 0 saturated carbocycles. The normalized spacial score (nSPS) is 10.1. The van der Waals surface area contributed by atoms with Crippen molar-refractivity contribution in [2.45, 2.75) is 5.16 Å². The minimum atomic E-state index is -0.406. The number of aromatic nitrogens is 4. The van der Waals surface area contributed by atoms with Gasteiger partial charge in [0.25, 0.3) is 0 Å². The first kappa shape index (κ1) is 19.4. The van der Waals surface area contributed by atoms with E-state index in [1.165, 1.54) is 11.8 Å². The van der Waals surface area contributed by atoms with Crippen molar-refractivity contribution in [2.75, 3.05) is 12.4 Å². The van der Waals surface area contributed by atoms with Crippen LogP contribution in [0.3, 0.4) is 0 Å². The van der Waals surface area contributed by atoms with Crippen LogP contribution in [0.1, 0.15) is 10.4 Å². The van der Waals surface area contributed by atoms with E-state index in [0.29, 0.717) is 21.5 Å². The predicted molar refractivity (Wildman–Crippen MR) is 107 cm³/mol. The van der Waals surface area contributed by atoms with E-state index in [-0.39, 0.29) is 6.61 Å². The second-order valence-electron chi connectivity index (χ2n) is 5.07. The number of ether oxygens (including phenoxy) is 1. The summed E-state index contributed by atoms with van der Waals surface area (Å²) in [6.45, 7) is 0.0254. The minimum absolute atomic E-state index is 0.0254. The molecule has 0 bridgehead atoms. The van der Waals surface area contributed by atoms with Gasteiger partial charge in [0.2, 0.25) is 5.16 Å². The molecule has 0 radical (unpaired) electrons. The molecule has 0 aliphatic heterocycles. The molecule has 0 aliphatic rings. The maximum atomic E-state index is 11.9. The number of halogens is 2. The first-order chi connectivity index (χ1) is 13.1. The maximum absolute atomic E-state index is 11.9. The van der Waals surface area contributed by atoms with Crippen LogP contribution in [0.15, 0.2) is 58.2 Å². The van der Waals surface area contributed by atoms with Crippen molar-refractivity contribution < 1.29 is 9.53 Å². The summed E-state index contributed by atoms with van der Waals surface area (Å²) in [5, 5.41) is 12.9. The van der Waals surface area contributed by atoms with E-state index in [2.05, 4.69) is 43.3 Å². The molecule has 0 spiro atoms. The van der Waals surface area contributed by atoms with Crippen LogP contribution in [-0.4, -0.2) is 38.5 Å². The van der Waals surface area contributed by atoms with Crippen LogP contribution in [-0.2, 0) is 4.74 Å². The molecule has 0 unspecified atom stereocenters. The van der Waals surface area contributed by atoms with Gasteiger partial charge in [-0.2, -0.15) is 4.68 Å². The van der Waals surface area contributed by atoms with Crippen LogP contribution in [0.4, 0.5) is 0 Å². The maximum Gasteiger partial charge on any atom is 0.339 e. The Labute approximate surface area is 173 Å². The Bertz CT molecular complexity index is 981. The lowest BCUT2D eigenvalue weighted by atomic mass is 10.2. The highest BCUT2D eigenvalue weighted by molar-refractivity contribution is 9.10. The van der Waals surface area contributed by atoms with Gasteiger partial charge in [0, 0.05) is 9.50 Å². The van der Waals surface area contributed by atoms with Gasteiger partial charge in [-0.15, -0.1) is 5.10 Å². The number of hydrogen-bond acceptors (Lipinski definition) is 6. The van der Waals surface area contributed by atoms with E-state index < -0.39 is 5.97 Å². The number of esters is 1. The molecule has 3 rings (SSSR count). The second-order valence-corrected chi connectivity index (χ2v) is 7.37. The summed E-state index contributed by atoms with van der Waals surface area (Å²) in [6.07, 6.45) is 0. The number of carbonyl (C=O) groups is 1. The van der Waals surface area contributed by atoms with E-state index >= 15 is 0 Å². The fourth-order valence-corrected chi connectivity index (χ4v) is 3.04. The quantitative estimate of drug-likeness (QED) is 0.323. The van der Waals surface area contributed by atoms with Crippen molar-refractivity contribution >= 4 is 45.3 Å². The van der Waals surface area contributed by atoms with Crippen LogP contribution < -0.4 is 0 Å². The molecular weight excluding hydrogens is 452 g/mol. The van der Waals surface area contributed by atoms with Gasteiger partial charge in [-0.05, 0) is 59.0 Å². The van der Waals surface area contributed by atoms with Crippen molar-refractivity contribution in [3.8, 4) is 17.5 Å². The Morgan fingerprint density at radius 2 is 1.89 bits per heavy atom. The Balaban J connectivity index is 1.49. The summed E-state index contributed by atoms with van der Waals surface area (Å²) in [4.78, 5) is 11.9. The molecule has 0 N–H and O–H groups in total. The average molecular weight is 464 g/mol. The molecule has 2 aromatic carbocycles. The molecule has 136 valence electrons. The second kappa shape index (κ2) is 9.55. The van der Waals surface area contributed by atoms with Gasteiger partial charge in [0.05, 0.1) is 17.0 Å². The van der Waals surface area contributed by atoms with Crippen LogP contribution in [0, 0.1) is 11.8 Å². The molecular formula is C18H12BrClN4O2S. The van der Waals surface area contributed by atoms with Gasteiger partial charge in [0.1, 0.15) is 0 Å². The lowest BCUT2D eigenvalue weighted by molar-refractivity contribution is 0.0556. The van der Waals surface area contributed by atoms with E-state index in [4.69, 9.17) is 16.3 Å². The molecule has 9 heteroatoms. The number of thioether (sulfide) groups is 1. The number of rotatable bonds is 5. The standard InChI is InChI=1S/C18H12BrClN4O2S/c19-14-5-3-13(4-6-14)17(25)26-11-1-2-12-27-18-21-22-23-24(18)16-9-7-15(20)8-10-16/h3-10H,11-12H2. The first-order valence-corrected chi connectivity index (χ1v) is 9.84. The van der Waals surface area contributed by atoms with Crippen molar-refractivity contribution in [1.29, 1.82) is 0 Å². The molecule has 0 atom stereocenters. The SMILES string of the molecule is O=C(OCC#CCSc1nnnn1-c1ccc(Cl)cc1)c1ccc(Br)cc1. The fourth-order valence-electron chi connectivity index (χ4n) is 1.99. The first-order valence-electron chi connectivity index (χ1n) is 7.69. The summed E-state index contributed by atoms with van der Waals surface area (Å²) < 4.78 is 7.62. The third kappa shape index (κ3) is 5.57. The predicted octanol–water partition coefficient (Wildman–Crippen LogP) is 4.03. The van der Waals surface area contributed by atoms with Crippen LogP contribution >= 0.6 is 39.3 Å². The largest absolute Gasteiger partial charge is 0.449 e. The van der Waals surface area contributed by atoms with Gasteiger partial charge in [-0.25, -0.2) is 4.79 Å². The van der Waals surface area contributed by atoms with Gasteiger partial charge in [-0.3, -0.25) is 0 Å². The highest BCUT2D eigenvalue weighted by Crippen LogP contribution is 2.19. The minimum Gasteiger partial charge on any atom is -0.449 e. The van der Waals surface area contributed by atoms with Crippen LogP contribution in [0.2, 0.25) is 5.02 Å². The van der Waals surface area contributed by atoms with Crippen molar-refractivity contribution in [3.63, 3.8) is 0 Å². The summed E-state index contributed by atoms with van der Waals surface area (Å²) in [5.74, 6) is 5.79. The fraction of sp³-hybridized carbons (Fsp3) is 0.111. The van der Waals surface area contributed by atoms with Gasteiger partial charge in [-0.1, -0.05) is 51.1 Å². The Hall–Kier alpha value is -2.34. The Morgan fingerprint density at radius 3 is 2.63 bits per heavy atom. The molecule has 27 heavy (non-hydrogen) atoms. The van der Waals surface area contributed by atoms with E-state index in [9.17, 15) is 4.79 Å². The molecule has 0 fully saturated rings. The van der Waals surface area contributed by atoms with Crippen LogP contribution in [0.5, 0.6) is 0 Å². The summed E-state index contributed by atoms with van der Waals surface area (Å²) in [7, 11) is 0. The topological polar surface area (TPSA) is 69.9 Å². The zero-order valence-electron chi connectivity index (χ0n) is 13.8. The number of carbonyl (C=O) groups excluding carboxylic acids is 1. The molecule has 0 amide bonds. The highest BCUT2D eigenvalue weighted by atomic mass is 79.9. The molecule has 1 heterocycles. The van der Waals surface area contributed by atoms with E-state index in [1.54, 1.807) is 41.1 Å². The molecule has 3 aromatic rings. The van der Waals surface area contributed by atoms with Crippen molar-refractivity contribution in [2.24, 2.45) is 0 Å². The van der Waals surface area contributed by atoms with E-state index in [0.717, 1.165) is 10.2 Å². The third-order valence-corrected chi connectivity index (χ3v) is 4.85. The highest BCUT2D eigenvalue weighted by Gasteiger charge is 2.08. The van der Waals surface area contributed by atoms with Crippen molar-refractivity contribution in [1.82, 2.24) is 20.2 Å². The Kier molecular flexibility index (Phi) is 6.87. The van der Waals surface area contributed by atoms with Crippen molar-refractivity contribution in [3.05, 3.63) is 63.6 Å². The number of nitrogens with zero attached hydrogens (tertiary/aromatic N) is 4. The number of benzene rings is 2. The van der Waals surface area contributed by atoms with Gasteiger partial charge < -0.3 is 4.74 Å². The number of tetrazole rings is 1. The monoisotopic (exact) mass is 462 g/mol. The molecule has 0 saturated heterocycles. The van der Waals surface area contributed by atoms with Gasteiger partial charge >= 0.3 is 5.97 Å². The summed E-state index contributed by atoms with van der Waals surface area (Å²) in [6, 6.07) is 14.1. The third-order valence-electron chi connectivity index (χ3n) is 3.27. The van der Waals surface area contributed by atoms with Crippen LogP contribution in [0.25, 0.3) is 5.69 Å². The van der Waals surface area contributed by atoms with E-state index in [1.807, 2.05) is 12.1 Å².